The number of hydrogen-bond acceptors (Lipinski definition) is 3. The first-order valence-corrected chi connectivity index (χ1v) is 9.74. The topological polar surface area (TPSA) is 51.0 Å². The van der Waals surface area contributed by atoms with E-state index in [4.69, 9.17) is 4.98 Å². The SMILES string of the molecule is Cc1ncc2c(n1)C1(CCCN(C(=O)c3cn(C)c4ccccc34)C1)CC2. The van der Waals surface area contributed by atoms with Crippen molar-refractivity contribution in [3.05, 3.63) is 59.3 Å². The Labute approximate surface area is 159 Å². The van der Waals surface area contributed by atoms with Crippen molar-refractivity contribution in [3.8, 4) is 0 Å². The molecule has 138 valence electrons. The Kier molecular flexibility index (Phi) is 3.61. The molecule has 1 unspecified atom stereocenters. The predicted octanol–water partition coefficient (Wildman–Crippen LogP) is 3.40. The standard InChI is InChI=1S/C22H24N4O/c1-15-23-12-16-8-10-22(20(16)24-15)9-5-11-26(14-22)21(27)18-13-25(2)19-7-4-3-6-17(18)19/h3-4,6-7,12-13H,5,8-11,14H2,1-2H3. The average molecular weight is 360 g/mol. The number of nitrogens with zero attached hydrogens (tertiary/aromatic N) is 4. The lowest BCUT2D eigenvalue weighted by molar-refractivity contribution is 0.0635. The highest BCUT2D eigenvalue weighted by Gasteiger charge is 2.44. The Bertz CT molecular complexity index is 1050. The Morgan fingerprint density at radius 2 is 2.07 bits per heavy atom. The number of para-hydroxylation sites is 1. The van der Waals surface area contributed by atoms with Gasteiger partial charge in [-0.2, -0.15) is 0 Å². The van der Waals surface area contributed by atoms with Gasteiger partial charge in [-0.1, -0.05) is 18.2 Å². The molecular formula is C22H24N4O. The number of amides is 1. The van der Waals surface area contributed by atoms with Gasteiger partial charge in [-0.25, -0.2) is 9.97 Å². The molecule has 1 spiro atoms. The summed E-state index contributed by atoms with van der Waals surface area (Å²) in [7, 11) is 2.00. The third-order valence-corrected chi connectivity index (χ3v) is 6.35. The summed E-state index contributed by atoms with van der Waals surface area (Å²) in [5.41, 5.74) is 4.36. The first-order chi connectivity index (χ1) is 13.1. The first-order valence-electron chi connectivity index (χ1n) is 9.74. The Balaban J connectivity index is 1.50. The van der Waals surface area contributed by atoms with E-state index in [0.29, 0.717) is 0 Å². The van der Waals surface area contributed by atoms with Crippen LogP contribution in [0.15, 0.2) is 36.7 Å². The minimum absolute atomic E-state index is 0.00152. The van der Waals surface area contributed by atoms with Crippen LogP contribution in [0.2, 0.25) is 0 Å². The van der Waals surface area contributed by atoms with Gasteiger partial charge < -0.3 is 9.47 Å². The fourth-order valence-corrected chi connectivity index (χ4v) is 5.01. The van der Waals surface area contributed by atoms with Crippen molar-refractivity contribution in [2.45, 2.75) is 38.0 Å². The van der Waals surface area contributed by atoms with Crippen LogP contribution in [0, 0.1) is 6.92 Å². The first kappa shape index (κ1) is 16.5. The fraction of sp³-hybridized carbons (Fsp3) is 0.409. The third kappa shape index (κ3) is 2.48. The maximum absolute atomic E-state index is 13.4. The number of aryl methyl sites for hydroxylation is 3. The molecule has 0 N–H and O–H groups in total. The lowest BCUT2D eigenvalue weighted by Crippen LogP contribution is -2.48. The second-order valence-electron chi connectivity index (χ2n) is 8.07. The Morgan fingerprint density at radius 1 is 1.22 bits per heavy atom. The van der Waals surface area contributed by atoms with E-state index in [0.717, 1.165) is 61.1 Å². The van der Waals surface area contributed by atoms with Crippen molar-refractivity contribution in [1.29, 1.82) is 0 Å². The van der Waals surface area contributed by atoms with Crippen molar-refractivity contribution in [1.82, 2.24) is 19.4 Å². The largest absolute Gasteiger partial charge is 0.350 e. The van der Waals surface area contributed by atoms with Crippen molar-refractivity contribution < 1.29 is 4.79 Å². The number of piperidine rings is 1. The number of fused-ring (bicyclic) bond motifs is 3. The van der Waals surface area contributed by atoms with Gasteiger partial charge in [0.15, 0.2) is 0 Å². The maximum Gasteiger partial charge on any atom is 0.256 e. The molecule has 1 saturated heterocycles. The molecule has 2 aromatic heterocycles. The number of hydrogen-bond donors (Lipinski definition) is 0. The molecular weight excluding hydrogens is 336 g/mol. The summed E-state index contributed by atoms with van der Waals surface area (Å²) in [5.74, 6) is 0.970. The molecule has 5 rings (SSSR count). The second-order valence-corrected chi connectivity index (χ2v) is 8.07. The highest BCUT2D eigenvalue weighted by atomic mass is 16.2. The van der Waals surface area contributed by atoms with Crippen LogP contribution in [-0.2, 0) is 18.9 Å². The van der Waals surface area contributed by atoms with E-state index in [9.17, 15) is 4.79 Å². The molecule has 27 heavy (non-hydrogen) atoms. The van der Waals surface area contributed by atoms with Crippen LogP contribution < -0.4 is 0 Å². The molecule has 1 aromatic carbocycles. The minimum Gasteiger partial charge on any atom is -0.350 e. The van der Waals surface area contributed by atoms with E-state index in [1.165, 1.54) is 11.3 Å². The van der Waals surface area contributed by atoms with Crippen molar-refractivity contribution in [2.75, 3.05) is 13.1 Å². The second kappa shape index (κ2) is 5.91. The van der Waals surface area contributed by atoms with Gasteiger partial charge in [0.2, 0.25) is 0 Å². The maximum atomic E-state index is 13.4. The molecule has 1 aliphatic carbocycles. The molecule has 3 heterocycles. The summed E-state index contributed by atoms with van der Waals surface area (Å²) in [5, 5.41) is 1.04. The number of rotatable bonds is 1. The molecule has 3 aromatic rings. The normalized spacial score (nSPS) is 21.8. The molecule has 2 aliphatic rings. The zero-order valence-corrected chi connectivity index (χ0v) is 15.9. The molecule has 5 nitrogen and oxygen atoms in total. The Morgan fingerprint density at radius 3 is 2.96 bits per heavy atom. The van der Waals surface area contributed by atoms with Gasteiger partial charge in [-0.15, -0.1) is 0 Å². The predicted molar refractivity (Wildman–Crippen MR) is 105 cm³/mol. The number of aromatic nitrogens is 3. The van der Waals surface area contributed by atoms with Crippen LogP contribution in [0.1, 0.15) is 46.7 Å². The molecule has 1 atom stereocenters. The molecule has 0 saturated carbocycles. The fourth-order valence-electron chi connectivity index (χ4n) is 5.01. The molecule has 5 heteroatoms. The smallest absolute Gasteiger partial charge is 0.256 e. The van der Waals surface area contributed by atoms with Gasteiger partial charge in [-0.3, -0.25) is 4.79 Å². The number of benzene rings is 1. The zero-order valence-electron chi connectivity index (χ0n) is 15.9. The lowest BCUT2D eigenvalue weighted by atomic mass is 9.77. The zero-order chi connectivity index (χ0) is 18.6. The highest BCUT2D eigenvalue weighted by molar-refractivity contribution is 6.07. The van der Waals surface area contributed by atoms with E-state index in [2.05, 4.69) is 16.0 Å². The summed E-state index contributed by atoms with van der Waals surface area (Å²) in [4.78, 5) is 24.7. The van der Waals surface area contributed by atoms with Gasteiger partial charge in [0.05, 0.1) is 11.3 Å². The van der Waals surface area contributed by atoms with Crippen molar-refractivity contribution in [3.63, 3.8) is 0 Å². The summed E-state index contributed by atoms with van der Waals surface area (Å²) < 4.78 is 2.05. The summed E-state index contributed by atoms with van der Waals surface area (Å²) in [6.07, 6.45) is 8.18. The summed E-state index contributed by atoms with van der Waals surface area (Å²) in [6.45, 7) is 3.54. The van der Waals surface area contributed by atoms with Crippen molar-refractivity contribution >= 4 is 16.8 Å². The van der Waals surface area contributed by atoms with Crippen LogP contribution in [0.25, 0.3) is 10.9 Å². The van der Waals surface area contributed by atoms with Gasteiger partial charge >= 0.3 is 0 Å². The molecule has 0 radical (unpaired) electrons. The average Bonchev–Trinajstić information content (AvgIpc) is 3.20. The summed E-state index contributed by atoms with van der Waals surface area (Å²) in [6, 6.07) is 8.13. The van der Waals surface area contributed by atoms with Gasteiger partial charge in [-0.05, 0) is 44.2 Å². The van der Waals surface area contributed by atoms with Gasteiger partial charge in [0, 0.05) is 48.8 Å². The number of carbonyl (C=O) groups excluding carboxylic acids is 1. The van der Waals surface area contributed by atoms with Crippen LogP contribution in [0.4, 0.5) is 0 Å². The molecule has 1 fully saturated rings. The van der Waals surface area contributed by atoms with Crippen LogP contribution in [-0.4, -0.2) is 38.4 Å². The number of likely N-dealkylation sites (tertiary alicyclic amines) is 1. The summed E-state index contributed by atoms with van der Waals surface area (Å²) >= 11 is 0. The van der Waals surface area contributed by atoms with E-state index in [1.807, 2.05) is 49.1 Å². The third-order valence-electron chi connectivity index (χ3n) is 6.35. The Hall–Kier alpha value is -2.69. The van der Waals surface area contributed by atoms with Gasteiger partial charge in [0.1, 0.15) is 5.82 Å². The van der Waals surface area contributed by atoms with Crippen molar-refractivity contribution in [2.24, 2.45) is 7.05 Å². The quantitative estimate of drug-likeness (QED) is 0.668. The van der Waals surface area contributed by atoms with E-state index < -0.39 is 0 Å². The van der Waals surface area contributed by atoms with E-state index >= 15 is 0 Å². The van der Waals surface area contributed by atoms with Crippen LogP contribution in [0.5, 0.6) is 0 Å². The van der Waals surface area contributed by atoms with Crippen LogP contribution >= 0.6 is 0 Å². The lowest BCUT2D eigenvalue weighted by Gasteiger charge is -2.40. The van der Waals surface area contributed by atoms with Gasteiger partial charge in [0.25, 0.3) is 5.91 Å². The highest BCUT2D eigenvalue weighted by Crippen LogP contribution is 2.44. The minimum atomic E-state index is 0.00152. The van der Waals surface area contributed by atoms with E-state index in [-0.39, 0.29) is 11.3 Å². The van der Waals surface area contributed by atoms with E-state index in [1.54, 1.807) is 0 Å². The molecule has 0 bridgehead atoms. The monoisotopic (exact) mass is 360 g/mol. The molecule has 1 amide bonds. The van der Waals surface area contributed by atoms with Crippen LogP contribution in [0.3, 0.4) is 0 Å². The molecule has 1 aliphatic heterocycles. The number of carbonyl (C=O) groups is 1.